The summed E-state index contributed by atoms with van der Waals surface area (Å²) in [6.07, 6.45) is 0.969. The highest BCUT2D eigenvalue weighted by atomic mass is 79.9. The Bertz CT molecular complexity index is 586. The van der Waals surface area contributed by atoms with Crippen molar-refractivity contribution in [3.63, 3.8) is 0 Å². The lowest BCUT2D eigenvalue weighted by Crippen LogP contribution is -2.36. The summed E-state index contributed by atoms with van der Waals surface area (Å²) in [5, 5.41) is 8.83. The van der Waals surface area contributed by atoms with E-state index in [9.17, 15) is 13.2 Å². The summed E-state index contributed by atoms with van der Waals surface area (Å²) in [4.78, 5) is 11.0. The molecule has 20 heavy (non-hydrogen) atoms. The van der Waals surface area contributed by atoms with Gasteiger partial charge in [-0.15, -0.1) is 0 Å². The summed E-state index contributed by atoms with van der Waals surface area (Å²) < 4.78 is 27.8. The molecule has 0 amide bonds. The van der Waals surface area contributed by atoms with Crippen LogP contribution in [0, 0.1) is 6.92 Å². The highest BCUT2D eigenvalue weighted by molar-refractivity contribution is 9.10. The minimum absolute atomic E-state index is 0.165. The van der Waals surface area contributed by atoms with E-state index in [1.807, 2.05) is 6.92 Å². The Balaban J connectivity index is 3.02. The van der Waals surface area contributed by atoms with E-state index in [1.165, 1.54) is 6.07 Å². The average molecular weight is 364 g/mol. The molecule has 0 fully saturated rings. The third kappa shape index (κ3) is 4.88. The lowest BCUT2D eigenvalue weighted by Gasteiger charge is -2.17. The number of aliphatic carboxylic acids is 1. The number of benzene rings is 1. The van der Waals surface area contributed by atoms with Crippen molar-refractivity contribution in [3.8, 4) is 0 Å². The van der Waals surface area contributed by atoms with Gasteiger partial charge in [0.2, 0.25) is 10.0 Å². The molecule has 0 aliphatic heterocycles. The quantitative estimate of drug-likeness (QED) is 0.779. The van der Waals surface area contributed by atoms with E-state index >= 15 is 0 Å². The highest BCUT2D eigenvalue weighted by Crippen LogP contribution is 2.21. The summed E-state index contributed by atoms with van der Waals surface area (Å²) in [5.74, 6) is -1.02. The van der Waals surface area contributed by atoms with Gasteiger partial charge in [-0.3, -0.25) is 4.79 Å². The van der Waals surface area contributed by atoms with Gasteiger partial charge in [-0.2, -0.15) is 0 Å². The van der Waals surface area contributed by atoms with Crippen molar-refractivity contribution in [2.45, 2.75) is 44.0 Å². The maximum atomic E-state index is 12.3. The van der Waals surface area contributed by atoms with Crippen LogP contribution in [0.15, 0.2) is 27.6 Å². The van der Waals surface area contributed by atoms with Gasteiger partial charge in [0.05, 0.1) is 11.3 Å². The Labute approximate surface area is 127 Å². The van der Waals surface area contributed by atoms with E-state index in [1.54, 1.807) is 19.1 Å². The molecule has 1 aromatic carbocycles. The van der Waals surface area contributed by atoms with Crippen LogP contribution >= 0.6 is 15.9 Å². The van der Waals surface area contributed by atoms with Crippen molar-refractivity contribution in [1.29, 1.82) is 0 Å². The van der Waals surface area contributed by atoms with Gasteiger partial charge in [0.1, 0.15) is 0 Å². The molecule has 0 spiro atoms. The van der Waals surface area contributed by atoms with Gasteiger partial charge in [0.15, 0.2) is 0 Å². The second kappa shape index (κ2) is 7.19. The number of carboxylic acid groups (broad SMARTS) is 1. The van der Waals surface area contributed by atoms with Crippen molar-refractivity contribution >= 4 is 31.9 Å². The lowest BCUT2D eigenvalue weighted by atomic mass is 10.1. The van der Waals surface area contributed by atoms with Crippen LogP contribution in [0.4, 0.5) is 0 Å². The number of carboxylic acids is 1. The second-order valence-corrected chi connectivity index (χ2v) is 7.21. The fourth-order valence-corrected chi connectivity index (χ4v) is 3.96. The largest absolute Gasteiger partial charge is 0.481 e. The van der Waals surface area contributed by atoms with Crippen LogP contribution in [-0.4, -0.2) is 25.5 Å². The molecule has 0 saturated heterocycles. The summed E-state index contributed by atoms with van der Waals surface area (Å²) in [7, 11) is -3.72. The van der Waals surface area contributed by atoms with Gasteiger partial charge in [-0.1, -0.05) is 35.3 Å². The fourth-order valence-electron chi connectivity index (χ4n) is 1.91. The smallest absolute Gasteiger partial charge is 0.304 e. The molecular formula is C13H18BrNO4S. The zero-order valence-corrected chi connectivity index (χ0v) is 13.8. The maximum Gasteiger partial charge on any atom is 0.304 e. The predicted molar refractivity (Wildman–Crippen MR) is 80.1 cm³/mol. The summed E-state index contributed by atoms with van der Waals surface area (Å²) in [6.45, 7) is 3.58. The van der Waals surface area contributed by atoms with Crippen LogP contribution in [0.25, 0.3) is 0 Å². The fraction of sp³-hybridized carbons (Fsp3) is 0.462. The van der Waals surface area contributed by atoms with Crippen LogP contribution in [0.1, 0.15) is 31.7 Å². The molecule has 1 unspecified atom stereocenters. The van der Waals surface area contributed by atoms with Crippen molar-refractivity contribution < 1.29 is 18.3 Å². The standard InChI is InChI=1S/C13H18BrNO4S/c1-3-4-11(8-13(16)17)15-20(18,19)12-7-10(14)6-5-9(12)2/h5-7,11,15H,3-4,8H2,1-2H3,(H,16,17). The van der Waals surface area contributed by atoms with E-state index in [4.69, 9.17) is 5.11 Å². The first kappa shape index (κ1) is 17.1. The molecule has 2 N–H and O–H groups in total. The molecule has 5 nitrogen and oxygen atoms in total. The van der Waals surface area contributed by atoms with Gasteiger partial charge < -0.3 is 5.11 Å². The highest BCUT2D eigenvalue weighted by Gasteiger charge is 2.23. The first-order chi connectivity index (χ1) is 9.26. The zero-order chi connectivity index (χ0) is 15.3. The van der Waals surface area contributed by atoms with Gasteiger partial charge in [0.25, 0.3) is 0 Å². The van der Waals surface area contributed by atoms with Crippen LogP contribution < -0.4 is 4.72 Å². The molecule has 0 radical (unpaired) electrons. The second-order valence-electron chi connectivity index (χ2n) is 4.61. The maximum absolute atomic E-state index is 12.3. The van der Waals surface area contributed by atoms with E-state index in [0.29, 0.717) is 22.9 Å². The minimum Gasteiger partial charge on any atom is -0.481 e. The minimum atomic E-state index is -3.72. The first-order valence-corrected chi connectivity index (χ1v) is 8.54. The number of sulfonamides is 1. The van der Waals surface area contributed by atoms with Crippen LogP contribution in [0.3, 0.4) is 0 Å². The van der Waals surface area contributed by atoms with Crippen molar-refractivity contribution in [3.05, 3.63) is 28.2 Å². The number of hydrogen-bond donors (Lipinski definition) is 2. The molecule has 112 valence electrons. The molecule has 0 bridgehead atoms. The van der Waals surface area contributed by atoms with Crippen molar-refractivity contribution in [2.75, 3.05) is 0 Å². The van der Waals surface area contributed by atoms with Crippen molar-refractivity contribution in [2.24, 2.45) is 0 Å². The van der Waals surface area contributed by atoms with Crippen LogP contribution in [0.5, 0.6) is 0 Å². The van der Waals surface area contributed by atoms with Gasteiger partial charge >= 0.3 is 5.97 Å². The van der Waals surface area contributed by atoms with Gasteiger partial charge in [0, 0.05) is 10.5 Å². The molecule has 1 rings (SSSR count). The average Bonchev–Trinajstić information content (AvgIpc) is 2.31. The topological polar surface area (TPSA) is 83.5 Å². The molecule has 0 saturated carbocycles. The number of rotatable bonds is 7. The predicted octanol–water partition coefficient (Wildman–Crippen LogP) is 2.68. The van der Waals surface area contributed by atoms with E-state index < -0.39 is 22.0 Å². The molecule has 0 heterocycles. The summed E-state index contributed by atoms with van der Waals surface area (Å²) in [6, 6.07) is 4.38. The Morgan fingerprint density at radius 2 is 2.10 bits per heavy atom. The lowest BCUT2D eigenvalue weighted by molar-refractivity contribution is -0.137. The number of aryl methyl sites for hydroxylation is 1. The molecule has 1 aromatic rings. The van der Waals surface area contributed by atoms with Crippen molar-refractivity contribution in [1.82, 2.24) is 4.72 Å². The molecular weight excluding hydrogens is 346 g/mol. The molecule has 0 aliphatic carbocycles. The normalized spacial score (nSPS) is 13.2. The monoisotopic (exact) mass is 363 g/mol. The number of nitrogens with one attached hydrogen (secondary N) is 1. The van der Waals surface area contributed by atoms with E-state index in [2.05, 4.69) is 20.7 Å². The molecule has 1 atom stereocenters. The zero-order valence-electron chi connectivity index (χ0n) is 11.4. The molecule has 0 aliphatic rings. The third-order valence-corrected chi connectivity index (χ3v) is 4.98. The van der Waals surface area contributed by atoms with Crippen LogP contribution in [-0.2, 0) is 14.8 Å². The number of halogens is 1. The number of carbonyl (C=O) groups is 1. The Morgan fingerprint density at radius 1 is 1.45 bits per heavy atom. The first-order valence-electron chi connectivity index (χ1n) is 6.26. The third-order valence-electron chi connectivity index (χ3n) is 2.82. The Kier molecular flexibility index (Phi) is 6.16. The van der Waals surface area contributed by atoms with Gasteiger partial charge in [-0.05, 0) is 31.0 Å². The SMILES string of the molecule is CCCC(CC(=O)O)NS(=O)(=O)c1cc(Br)ccc1C. The Morgan fingerprint density at radius 3 is 2.65 bits per heavy atom. The summed E-state index contributed by atoms with van der Waals surface area (Å²) >= 11 is 3.24. The number of hydrogen-bond acceptors (Lipinski definition) is 3. The molecule has 0 aromatic heterocycles. The van der Waals surface area contributed by atoms with E-state index in [-0.39, 0.29) is 11.3 Å². The summed E-state index contributed by atoms with van der Waals surface area (Å²) in [5.41, 5.74) is 0.617. The van der Waals surface area contributed by atoms with Crippen LogP contribution in [0.2, 0.25) is 0 Å². The molecule has 7 heteroatoms. The Hall–Kier alpha value is -0.920. The van der Waals surface area contributed by atoms with Gasteiger partial charge in [-0.25, -0.2) is 13.1 Å². The van der Waals surface area contributed by atoms with E-state index in [0.717, 1.165) is 0 Å².